The van der Waals surface area contributed by atoms with Gasteiger partial charge in [0.25, 0.3) is 11.5 Å². The number of carbonyl (C=O) groups is 2. The van der Waals surface area contributed by atoms with Gasteiger partial charge >= 0.3 is 5.69 Å². The molecule has 0 aromatic carbocycles. The summed E-state index contributed by atoms with van der Waals surface area (Å²) in [5.41, 5.74) is 5.08. The Morgan fingerprint density at radius 2 is 2.09 bits per heavy atom. The van der Waals surface area contributed by atoms with E-state index in [4.69, 9.17) is 5.73 Å². The van der Waals surface area contributed by atoms with Gasteiger partial charge < -0.3 is 15.5 Å². The lowest BCUT2D eigenvalue weighted by atomic mass is 9.96. The number of rotatable bonds is 8. The van der Waals surface area contributed by atoms with Crippen molar-refractivity contribution in [2.24, 2.45) is 11.8 Å². The molecule has 0 radical (unpaired) electrons. The predicted octanol–water partition coefficient (Wildman–Crippen LogP) is 2.52. The minimum atomic E-state index is -0.663. The van der Waals surface area contributed by atoms with E-state index in [1.54, 1.807) is 11.0 Å². The molecule has 9 nitrogen and oxygen atoms in total. The van der Waals surface area contributed by atoms with E-state index in [0.29, 0.717) is 50.3 Å². The second-order valence-electron chi connectivity index (χ2n) is 8.91. The summed E-state index contributed by atoms with van der Waals surface area (Å²) >= 11 is 1.38. The first kappa shape index (κ1) is 24.8. The van der Waals surface area contributed by atoms with Crippen LogP contribution in [0.4, 0.5) is 11.5 Å². The molecule has 0 aliphatic carbocycles. The molecule has 2 amide bonds. The molecule has 1 atom stereocenters. The summed E-state index contributed by atoms with van der Waals surface area (Å²) < 4.78 is 1.32. The molecule has 1 aliphatic rings. The fraction of sp³-hybridized carbons (Fsp3) is 0.565. The van der Waals surface area contributed by atoms with Gasteiger partial charge in [-0.25, -0.2) is 4.79 Å². The number of piperidine rings is 1. The van der Waals surface area contributed by atoms with Gasteiger partial charge in [-0.3, -0.25) is 23.9 Å². The maximum atomic E-state index is 13.7. The summed E-state index contributed by atoms with van der Waals surface area (Å²) in [6.07, 6.45) is 2.83. The van der Waals surface area contributed by atoms with Gasteiger partial charge in [0.1, 0.15) is 5.82 Å². The standard InChI is InChI=1S/C23H33N5O4S/c1-4-5-11-27(18-19(24)28(13-15(2)3)23(32)25-20(18)29)21(30)16-8-6-10-26(14-16)22(31)17-9-7-12-33-17/h7,9,12,15-16H,4-6,8,10-11,13-14,24H2,1-3H3,(H,25,29,32). The molecule has 3 heterocycles. The highest BCUT2D eigenvalue weighted by Crippen LogP contribution is 2.26. The van der Waals surface area contributed by atoms with E-state index in [-0.39, 0.29) is 29.2 Å². The van der Waals surface area contributed by atoms with Crippen molar-refractivity contribution < 1.29 is 9.59 Å². The van der Waals surface area contributed by atoms with E-state index in [2.05, 4.69) is 4.98 Å². The second-order valence-corrected chi connectivity index (χ2v) is 9.86. The van der Waals surface area contributed by atoms with Gasteiger partial charge in [-0.15, -0.1) is 11.3 Å². The minimum absolute atomic E-state index is 0.00392. The van der Waals surface area contributed by atoms with Crippen LogP contribution in [0.5, 0.6) is 0 Å². The van der Waals surface area contributed by atoms with E-state index < -0.39 is 17.2 Å². The van der Waals surface area contributed by atoms with Gasteiger partial charge in [-0.05, 0) is 36.6 Å². The number of nitrogens with zero attached hydrogens (tertiary/aromatic N) is 3. The summed E-state index contributed by atoms with van der Waals surface area (Å²) in [5, 5.41) is 1.85. The Morgan fingerprint density at radius 1 is 1.33 bits per heavy atom. The molecule has 0 spiro atoms. The Hall–Kier alpha value is -2.88. The molecule has 3 rings (SSSR count). The van der Waals surface area contributed by atoms with Crippen molar-refractivity contribution in [2.45, 2.75) is 53.0 Å². The molecule has 1 fully saturated rings. The highest BCUT2D eigenvalue weighted by molar-refractivity contribution is 7.12. The molecule has 33 heavy (non-hydrogen) atoms. The molecule has 2 aromatic heterocycles. The van der Waals surface area contributed by atoms with Crippen molar-refractivity contribution in [3.8, 4) is 0 Å². The summed E-state index contributed by atoms with van der Waals surface area (Å²) in [4.78, 5) is 57.8. The van der Waals surface area contributed by atoms with E-state index in [0.717, 1.165) is 6.42 Å². The summed E-state index contributed by atoms with van der Waals surface area (Å²) in [6, 6.07) is 3.61. The Labute approximate surface area is 197 Å². The highest BCUT2D eigenvalue weighted by Gasteiger charge is 2.34. The molecule has 1 aliphatic heterocycles. The lowest BCUT2D eigenvalue weighted by Gasteiger charge is -2.35. The molecule has 2 aromatic rings. The van der Waals surface area contributed by atoms with Gasteiger partial charge in [0.15, 0.2) is 5.69 Å². The van der Waals surface area contributed by atoms with Crippen LogP contribution >= 0.6 is 11.3 Å². The van der Waals surface area contributed by atoms with E-state index >= 15 is 0 Å². The maximum absolute atomic E-state index is 13.7. The van der Waals surface area contributed by atoms with E-state index in [9.17, 15) is 19.2 Å². The average Bonchev–Trinajstić information content (AvgIpc) is 3.32. The smallest absolute Gasteiger partial charge is 0.330 e. The van der Waals surface area contributed by atoms with Gasteiger partial charge in [0, 0.05) is 26.2 Å². The van der Waals surface area contributed by atoms with Crippen LogP contribution in [0, 0.1) is 11.8 Å². The zero-order valence-corrected chi connectivity index (χ0v) is 20.3. The monoisotopic (exact) mass is 475 g/mol. The van der Waals surface area contributed by atoms with Crippen molar-refractivity contribution in [3.63, 3.8) is 0 Å². The third-order valence-corrected chi connectivity index (χ3v) is 6.68. The number of nitrogens with one attached hydrogen (secondary N) is 1. The lowest BCUT2D eigenvalue weighted by molar-refractivity contribution is -0.123. The summed E-state index contributed by atoms with van der Waals surface area (Å²) in [7, 11) is 0. The van der Waals surface area contributed by atoms with Gasteiger partial charge in [-0.2, -0.15) is 0 Å². The van der Waals surface area contributed by atoms with Crippen molar-refractivity contribution in [2.75, 3.05) is 30.3 Å². The van der Waals surface area contributed by atoms with Crippen LogP contribution in [-0.2, 0) is 11.3 Å². The van der Waals surface area contributed by atoms with Crippen LogP contribution in [0.3, 0.4) is 0 Å². The van der Waals surface area contributed by atoms with Crippen molar-refractivity contribution in [1.82, 2.24) is 14.5 Å². The number of H-pyrrole nitrogens is 1. The Balaban J connectivity index is 1.93. The van der Waals surface area contributed by atoms with Crippen LogP contribution in [0.1, 0.15) is 56.1 Å². The number of nitrogen functional groups attached to an aromatic ring is 1. The lowest BCUT2D eigenvalue weighted by Crippen LogP contribution is -2.49. The van der Waals surface area contributed by atoms with Gasteiger partial charge in [0.05, 0.1) is 10.8 Å². The predicted molar refractivity (Wildman–Crippen MR) is 131 cm³/mol. The van der Waals surface area contributed by atoms with Crippen molar-refractivity contribution >= 4 is 34.7 Å². The molecule has 180 valence electrons. The molecule has 1 unspecified atom stereocenters. The Morgan fingerprint density at radius 3 is 2.73 bits per heavy atom. The largest absolute Gasteiger partial charge is 0.383 e. The third kappa shape index (κ3) is 5.55. The number of amides is 2. The van der Waals surface area contributed by atoms with Crippen molar-refractivity contribution in [1.29, 1.82) is 0 Å². The van der Waals surface area contributed by atoms with Crippen LogP contribution in [0.25, 0.3) is 0 Å². The Kier molecular flexibility index (Phi) is 8.12. The first-order chi connectivity index (χ1) is 15.7. The number of carbonyl (C=O) groups excluding carboxylic acids is 2. The number of aromatic nitrogens is 2. The first-order valence-electron chi connectivity index (χ1n) is 11.5. The van der Waals surface area contributed by atoms with Gasteiger partial charge in [0.2, 0.25) is 5.91 Å². The molecular formula is C23H33N5O4S. The number of aromatic amines is 1. The quantitative estimate of drug-likeness (QED) is 0.608. The summed E-state index contributed by atoms with van der Waals surface area (Å²) in [5.74, 6) is -0.628. The number of anilines is 2. The first-order valence-corrected chi connectivity index (χ1v) is 12.4. The molecular weight excluding hydrogens is 442 g/mol. The molecule has 0 saturated carbocycles. The SMILES string of the molecule is CCCCN(C(=O)C1CCCN(C(=O)c2cccs2)C1)c1c(N)n(CC(C)C)c(=O)[nH]c1=O. The second kappa shape index (κ2) is 10.8. The zero-order valence-electron chi connectivity index (χ0n) is 19.5. The van der Waals surface area contributed by atoms with Crippen LogP contribution in [-0.4, -0.2) is 45.9 Å². The number of unbranched alkanes of at least 4 members (excludes halogenated alkanes) is 1. The number of likely N-dealkylation sites (tertiary alicyclic amines) is 1. The normalized spacial score (nSPS) is 16.2. The van der Waals surface area contributed by atoms with Gasteiger partial charge in [-0.1, -0.05) is 33.3 Å². The topological polar surface area (TPSA) is 121 Å². The minimum Gasteiger partial charge on any atom is -0.383 e. The number of thiophene rings is 1. The molecule has 10 heteroatoms. The fourth-order valence-corrected chi connectivity index (χ4v) is 4.86. The van der Waals surface area contributed by atoms with E-state index in [1.165, 1.54) is 20.8 Å². The van der Waals surface area contributed by atoms with Crippen LogP contribution < -0.4 is 21.9 Å². The third-order valence-electron chi connectivity index (χ3n) is 5.82. The molecule has 1 saturated heterocycles. The van der Waals surface area contributed by atoms with Crippen molar-refractivity contribution in [3.05, 3.63) is 43.2 Å². The number of hydrogen-bond acceptors (Lipinski definition) is 6. The zero-order chi connectivity index (χ0) is 24.1. The van der Waals surface area contributed by atoms with E-state index in [1.807, 2.05) is 32.2 Å². The number of hydrogen-bond donors (Lipinski definition) is 2. The maximum Gasteiger partial charge on any atom is 0.330 e. The Bertz CT molecular complexity index is 1090. The fourth-order valence-electron chi connectivity index (χ4n) is 4.17. The summed E-state index contributed by atoms with van der Waals surface area (Å²) in [6.45, 7) is 7.42. The van der Waals surface area contributed by atoms with Crippen LogP contribution in [0.15, 0.2) is 27.1 Å². The highest BCUT2D eigenvalue weighted by atomic mass is 32.1. The van der Waals surface area contributed by atoms with Crippen LogP contribution in [0.2, 0.25) is 0 Å². The molecule has 0 bridgehead atoms. The average molecular weight is 476 g/mol. The molecule has 3 N–H and O–H groups in total. The number of nitrogens with two attached hydrogens (primary N) is 1.